The standard InChI is InChI=1S/C17H17N5O2/c1-24-13-5-2-4-12(8-13)22-10-11(9-19-22)16-20-14-6-3-7-18-17(23)15(14)21-16/h2,4-5,8-10H,3,6-7H2,1H3,(H,18,23)(H,20,21). The molecular weight excluding hydrogens is 306 g/mol. The van der Waals surface area contributed by atoms with Crippen LogP contribution in [0.1, 0.15) is 22.6 Å². The van der Waals surface area contributed by atoms with Gasteiger partial charge in [0.15, 0.2) is 0 Å². The largest absolute Gasteiger partial charge is 0.497 e. The van der Waals surface area contributed by atoms with Crippen molar-refractivity contribution in [1.29, 1.82) is 0 Å². The summed E-state index contributed by atoms with van der Waals surface area (Å²) >= 11 is 0. The van der Waals surface area contributed by atoms with Crippen LogP contribution in [-0.4, -0.2) is 39.3 Å². The van der Waals surface area contributed by atoms with Crippen LogP contribution in [0.25, 0.3) is 17.1 Å². The second-order valence-corrected chi connectivity index (χ2v) is 5.65. The van der Waals surface area contributed by atoms with Gasteiger partial charge in [-0.15, -0.1) is 0 Å². The van der Waals surface area contributed by atoms with Crippen LogP contribution >= 0.6 is 0 Å². The molecule has 0 saturated heterocycles. The lowest BCUT2D eigenvalue weighted by atomic mass is 10.2. The third-order valence-corrected chi connectivity index (χ3v) is 4.06. The molecule has 0 unspecified atom stereocenters. The predicted molar refractivity (Wildman–Crippen MR) is 88.4 cm³/mol. The highest BCUT2D eigenvalue weighted by molar-refractivity contribution is 5.94. The van der Waals surface area contributed by atoms with E-state index in [0.29, 0.717) is 18.1 Å². The van der Waals surface area contributed by atoms with Crippen LogP contribution < -0.4 is 10.1 Å². The van der Waals surface area contributed by atoms with Gasteiger partial charge in [0.05, 0.1) is 24.6 Å². The van der Waals surface area contributed by atoms with Crippen molar-refractivity contribution in [3.8, 4) is 22.8 Å². The van der Waals surface area contributed by atoms with E-state index >= 15 is 0 Å². The molecule has 1 aliphatic heterocycles. The number of fused-ring (bicyclic) bond motifs is 1. The summed E-state index contributed by atoms with van der Waals surface area (Å²) in [5.74, 6) is 1.31. The molecule has 1 aromatic carbocycles. The Balaban J connectivity index is 1.68. The second kappa shape index (κ2) is 5.84. The molecule has 7 nitrogen and oxygen atoms in total. The monoisotopic (exact) mass is 323 g/mol. The number of rotatable bonds is 3. The molecule has 2 aromatic heterocycles. The highest BCUT2D eigenvalue weighted by Gasteiger charge is 2.21. The Labute approximate surface area is 138 Å². The van der Waals surface area contributed by atoms with Crippen LogP contribution in [0.4, 0.5) is 0 Å². The van der Waals surface area contributed by atoms with E-state index in [1.807, 2.05) is 30.5 Å². The number of benzene rings is 1. The van der Waals surface area contributed by atoms with Crippen LogP contribution in [0.2, 0.25) is 0 Å². The number of methoxy groups -OCH3 is 1. The van der Waals surface area contributed by atoms with Crippen molar-refractivity contribution in [2.75, 3.05) is 13.7 Å². The molecule has 24 heavy (non-hydrogen) atoms. The van der Waals surface area contributed by atoms with Gasteiger partial charge in [0.1, 0.15) is 17.3 Å². The van der Waals surface area contributed by atoms with Gasteiger partial charge < -0.3 is 15.0 Å². The molecule has 1 aliphatic rings. The molecule has 4 rings (SSSR count). The lowest BCUT2D eigenvalue weighted by molar-refractivity contribution is 0.0951. The number of amides is 1. The molecule has 0 atom stereocenters. The van der Waals surface area contributed by atoms with Crippen molar-refractivity contribution < 1.29 is 9.53 Å². The van der Waals surface area contributed by atoms with Gasteiger partial charge >= 0.3 is 0 Å². The van der Waals surface area contributed by atoms with Gasteiger partial charge in [-0.1, -0.05) is 6.07 Å². The number of imidazole rings is 1. The number of carbonyl (C=O) groups excluding carboxylic acids is 1. The number of nitrogens with one attached hydrogen (secondary N) is 2. The van der Waals surface area contributed by atoms with E-state index in [4.69, 9.17) is 4.74 Å². The van der Waals surface area contributed by atoms with Crippen molar-refractivity contribution in [2.45, 2.75) is 12.8 Å². The van der Waals surface area contributed by atoms with Crippen LogP contribution in [0.3, 0.4) is 0 Å². The Morgan fingerprint density at radius 3 is 3.12 bits per heavy atom. The summed E-state index contributed by atoms with van der Waals surface area (Å²) in [5, 5.41) is 7.24. The first kappa shape index (κ1) is 14.5. The molecule has 122 valence electrons. The fourth-order valence-corrected chi connectivity index (χ4v) is 2.80. The zero-order chi connectivity index (χ0) is 16.5. The number of ether oxygens (including phenoxy) is 1. The predicted octanol–water partition coefficient (Wildman–Crippen LogP) is 1.95. The highest BCUT2D eigenvalue weighted by Crippen LogP contribution is 2.22. The number of H-pyrrole nitrogens is 1. The molecule has 0 radical (unpaired) electrons. The normalized spacial score (nSPS) is 14.0. The molecular formula is C17H17N5O2. The summed E-state index contributed by atoms with van der Waals surface area (Å²) in [5.41, 5.74) is 3.09. The summed E-state index contributed by atoms with van der Waals surface area (Å²) in [6.07, 6.45) is 5.33. The number of carbonyl (C=O) groups is 1. The van der Waals surface area contributed by atoms with Gasteiger partial charge in [0, 0.05) is 24.5 Å². The van der Waals surface area contributed by atoms with Crippen LogP contribution in [-0.2, 0) is 6.42 Å². The molecule has 0 fully saturated rings. The third-order valence-electron chi connectivity index (χ3n) is 4.06. The second-order valence-electron chi connectivity index (χ2n) is 5.65. The molecule has 2 N–H and O–H groups in total. The quantitative estimate of drug-likeness (QED) is 0.771. The Bertz CT molecular complexity index is 896. The van der Waals surface area contributed by atoms with Crippen molar-refractivity contribution >= 4 is 5.91 Å². The number of aryl methyl sites for hydroxylation is 1. The molecule has 3 aromatic rings. The average Bonchev–Trinajstić information content (AvgIpc) is 3.22. The van der Waals surface area contributed by atoms with Crippen molar-refractivity contribution in [1.82, 2.24) is 25.1 Å². The maximum atomic E-state index is 12.0. The molecule has 0 spiro atoms. The average molecular weight is 323 g/mol. The Morgan fingerprint density at radius 2 is 2.25 bits per heavy atom. The lowest BCUT2D eigenvalue weighted by Gasteiger charge is -2.03. The first-order chi connectivity index (χ1) is 11.7. The van der Waals surface area contributed by atoms with Crippen molar-refractivity contribution in [2.24, 2.45) is 0 Å². The maximum Gasteiger partial charge on any atom is 0.271 e. The van der Waals surface area contributed by atoms with E-state index in [-0.39, 0.29) is 5.91 Å². The van der Waals surface area contributed by atoms with E-state index in [1.165, 1.54) is 0 Å². The summed E-state index contributed by atoms with van der Waals surface area (Å²) in [4.78, 5) is 19.7. The minimum Gasteiger partial charge on any atom is -0.497 e. The van der Waals surface area contributed by atoms with E-state index in [0.717, 1.165) is 35.5 Å². The minimum atomic E-state index is -0.120. The minimum absolute atomic E-state index is 0.120. The summed E-state index contributed by atoms with van der Waals surface area (Å²) in [6.45, 7) is 0.687. The molecule has 0 saturated carbocycles. The number of aromatic amines is 1. The van der Waals surface area contributed by atoms with Crippen LogP contribution in [0, 0.1) is 0 Å². The van der Waals surface area contributed by atoms with Crippen LogP contribution in [0.5, 0.6) is 5.75 Å². The maximum absolute atomic E-state index is 12.0. The van der Waals surface area contributed by atoms with Gasteiger partial charge in [-0.3, -0.25) is 4.79 Å². The number of aromatic nitrogens is 4. The van der Waals surface area contributed by atoms with Crippen LogP contribution in [0.15, 0.2) is 36.7 Å². The van der Waals surface area contributed by atoms with E-state index < -0.39 is 0 Å². The molecule has 0 bridgehead atoms. The first-order valence-electron chi connectivity index (χ1n) is 7.81. The highest BCUT2D eigenvalue weighted by atomic mass is 16.5. The van der Waals surface area contributed by atoms with E-state index in [9.17, 15) is 4.79 Å². The Hall–Kier alpha value is -3.09. The topological polar surface area (TPSA) is 84.8 Å². The van der Waals surface area contributed by atoms with Crippen molar-refractivity contribution in [3.05, 3.63) is 48.0 Å². The van der Waals surface area contributed by atoms with Gasteiger partial charge in [-0.2, -0.15) is 5.10 Å². The third kappa shape index (κ3) is 2.54. The summed E-state index contributed by atoms with van der Waals surface area (Å²) < 4.78 is 7.00. The van der Waals surface area contributed by atoms with Gasteiger partial charge in [-0.25, -0.2) is 9.67 Å². The fourth-order valence-electron chi connectivity index (χ4n) is 2.80. The number of hydrogen-bond donors (Lipinski definition) is 2. The summed E-state index contributed by atoms with van der Waals surface area (Å²) in [7, 11) is 1.63. The van der Waals surface area contributed by atoms with Gasteiger partial charge in [0.25, 0.3) is 5.91 Å². The fraction of sp³-hybridized carbons (Fsp3) is 0.235. The SMILES string of the molecule is COc1cccc(-n2cc(-c3nc4c([nH]3)CCCNC4=O)cn2)c1. The summed E-state index contributed by atoms with van der Waals surface area (Å²) in [6, 6.07) is 7.65. The Kier molecular flexibility index (Phi) is 3.53. The number of hydrogen-bond acceptors (Lipinski definition) is 4. The van der Waals surface area contributed by atoms with Gasteiger partial charge in [-0.05, 0) is 25.0 Å². The molecule has 0 aliphatic carbocycles. The molecule has 7 heteroatoms. The molecule has 3 heterocycles. The number of nitrogens with zero attached hydrogens (tertiary/aromatic N) is 3. The van der Waals surface area contributed by atoms with Crippen molar-refractivity contribution in [3.63, 3.8) is 0 Å². The Morgan fingerprint density at radius 1 is 1.33 bits per heavy atom. The van der Waals surface area contributed by atoms with E-state index in [2.05, 4.69) is 20.4 Å². The van der Waals surface area contributed by atoms with Gasteiger partial charge in [0.2, 0.25) is 0 Å². The zero-order valence-corrected chi connectivity index (χ0v) is 13.2. The first-order valence-corrected chi connectivity index (χ1v) is 7.81. The van der Waals surface area contributed by atoms with E-state index in [1.54, 1.807) is 18.0 Å². The lowest BCUT2D eigenvalue weighted by Crippen LogP contribution is -2.23. The zero-order valence-electron chi connectivity index (χ0n) is 13.2. The molecule has 1 amide bonds. The smallest absolute Gasteiger partial charge is 0.271 e.